The normalized spacial score (nSPS) is 11.1. The van der Waals surface area contributed by atoms with Gasteiger partial charge in [-0.15, -0.1) is 0 Å². The molecular formula is C13H19NO3. The Kier molecular flexibility index (Phi) is 4.12. The molecular weight excluding hydrogens is 218 g/mol. The summed E-state index contributed by atoms with van der Waals surface area (Å²) in [6.45, 7) is 3.13. The fraction of sp³-hybridized carbons (Fsp3) is 0.462. The molecule has 1 aromatic carbocycles. The third kappa shape index (κ3) is 3.75. The van der Waals surface area contributed by atoms with Gasteiger partial charge in [-0.05, 0) is 38.1 Å². The predicted octanol–water partition coefficient (Wildman–Crippen LogP) is 1.68. The van der Waals surface area contributed by atoms with Crippen LogP contribution in [0.1, 0.15) is 24.2 Å². The smallest absolute Gasteiger partial charge is 0.338 e. The second kappa shape index (κ2) is 5.19. The van der Waals surface area contributed by atoms with Gasteiger partial charge in [0, 0.05) is 19.8 Å². The molecule has 4 nitrogen and oxygen atoms in total. The number of aliphatic hydroxyl groups is 1. The number of nitrogens with zero attached hydrogens (tertiary/aromatic N) is 1. The molecule has 0 bridgehead atoms. The predicted molar refractivity (Wildman–Crippen MR) is 67.3 cm³/mol. The number of anilines is 1. The first-order valence-corrected chi connectivity index (χ1v) is 5.47. The lowest BCUT2D eigenvalue weighted by Crippen LogP contribution is -2.32. The first-order chi connectivity index (χ1) is 7.85. The van der Waals surface area contributed by atoms with Crippen molar-refractivity contribution >= 4 is 11.7 Å². The highest BCUT2D eigenvalue weighted by molar-refractivity contribution is 5.90. The van der Waals surface area contributed by atoms with Crippen molar-refractivity contribution in [3.8, 4) is 0 Å². The number of carbonyl (C=O) groups is 1. The average Bonchev–Trinajstić information content (AvgIpc) is 2.28. The number of rotatable bonds is 4. The Morgan fingerprint density at radius 3 is 2.24 bits per heavy atom. The van der Waals surface area contributed by atoms with Crippen LogP contribution in [-0.2, 0) is 4.74 Å². The summed E-state index contributed by atoms with van der Waals surface area (Å²) in [5.41, 5.74) is 0.650. The van der Waals surface area contributed by atoms with Crippen LogP contribution in [0.25, 0.3) is 0 Å². The van der Waals surface area contributed by atoms with E-state index in [1.54, 1.807) is 26.0 Å². The molecule has 0 heterocycles. The van der Waals surface area contributed by atoms with Gasteiger partial charge in [-0.2, -0.15) is 0 Å². The van der Waals surface area contributed by atoms with Gasteiger partial charge in [0.05, 0.1) is 12.2 Å². The highest BCUT2D eigenvalue weighted by Gasteiger charge is 2.22. The van der Waals surface area contributed by atoms with Crippen molar-refractivity contribution in [2.75, 3.05) is 25.6 Å². The second-order valence-electron chi connectivity index (χ2n) is 4.75. The second-order valence-corrected chi connectivity index (χ2v) is 4.75. The van der Waals surface area contributed by atoms with Crippen molar-refractivity contribution in [2.24, 2.45) is 0 Å². The van der Waals surface area contributed by atoms with Crippen LogP contribution >= 0.6 is 0 Å². The highest BCUT2D eigenvalue weighted by Crippen LogP contribution is 2.16. The maximum Gasteiger partial charge on any atom is 0.338 e. The van der Waals surface area contributed by atoms with Crippen LogP contribution in [0.4, 0.5) is 5.69 Å². The molecule has 0 spiro atoms. The first kappa shape index (κ1) is 13.5. The standard InChI is InChI=1S/C13H19NO3/c1-13(2,9-15)17-12(16)10-5-7-11(8-6-10)14(3)4/h5-8,15H,9H2,1-4H3. The van der Waals surface area contributed by atoms with Crippen molar-refractivity contribution in [1.29, 1.82) is 0 Å². The fourth-order valence-electron chi connectivity index (χ4n) is 1.24. The Bertz CT molecular complexity index is 382. The number of esters is 1. The molecule has 1 N–H and O–H groups in total. The van der Waals surface area contributed by atoms with Gasteiger partial charge in [0.1, 0.15) is 5.60 Å². The van der Waals surface area contributed by atoms with Gasteiger partial charge in [0.2, 0.25) is 0 Å². The molecule has 0 unspecified atom stereocenters. The zero-order valence-electron chi connectivity index (χ0n) is 10.7. The Morgan fingerprint density at radius 2 is 1.82 bits per heavy atom. The maximum atomic E-state index is 11.8. The number of hydrogen-bond acceptors (Lipinski definition) is 4. The molecule has 0 aliphatic heterocycles. The molecule has 0 saturated heterocycles. The van der Waals surface area contributed by atoms with Crippen LogP contribution in [0, 0.1) is 0 Å². The SMILES string of the molecule is CN(C)c1ccc(C(=O)OC(C)(C)CO)cc1. The Morgan fingerprint density at radius 1 is 1.29 bits per heavy atom. The molecule has 1 aromatic rings. The number of carbonyl (C=O) groups excluding carboxylic acids is 1. The largest absolute Gasteiger partial charge is 0.454 e. The van der Waals surface area contributed by atoms with Crippen molar-refractivity contribution < 1.29 is 14.6 Å². The van der Waals surface area contributed by atoms with E-state index in [0.717, 1.165) is 5.69 Å². The van der Waals surface area contributed by atoms with Crippen LogP contribution in [0.15, 0.2) is 24.3 Å². The van der Waals surface area contributed by atoms with Crippen LogP contribution in [0.5, 0.6) is 0 Å². The monoisotopic (exact) mass is 237 g/mol. The van der Waals surface area contributed by atoms with E-state index in [0.29, 0.717) is 5.56 Å². The van der Waals surface area contributed by atoms with Gasteiger partial charge in [-0.3, -0.25) is 0 Å². The minimum Gasteiger partial charge on any atom is -0.454 e. The van der Waals surface area contributed by atoms with Gasteiger partial charge < -0.3 is 14.7 Å². The zero-order valence-corrected chi connectivity index (χ0v) is 10.7. The molecule has 0 atom stereocenters. The number of ether oxygens (including phenoxy) is 1. The fourth-order valence-corrected chi connectivity index (χ4v) is 1.24. The summed E-state index contributed by atoms with van der Waals surface area (Å²) in [7, 11) is 3.87. The van der Waals surface area contributed by atoms with E-state index >= 15 is 0 Å². The van der Waals surface area contributed by atoms with E-state index in [1.165, 1.54) is 0 Å². The quantitative estimate of drug-likeness (QED) is 0.809. The third-order valence-corrected chi connectivity index (χ3v) is 2.37. The Hall–Kier alpha value is -1.55. The van der Waals surface area contributed by atoms with Gasteiger partial charge in [-0.1, -0.05) is 0 Å². The highest BCUT2D eigenvalue weighted by atomic mass is 16.6. The van der Waals surface area contributed by atoms with Crippen LogP contribution < -0.4 is 4.90 Å². The summed E-state index contributed by atoms with van der Waals surface area (Å²) in [5.74, 6) is -0.422. The number of hydrogen-bond donors (Lipinski definition) is 1. The average molecular weight is 237 g/mol. The van der Waals surface area contributed by atoms with Gasteiger partial charge >= 0.3 is 5.97 Å². The summed E-state index contributed by atoms with van der Waals surface area (Å²) in [4.78, 5) is 13.7. The lowest BCUT2D eigenvalue weighted by Gasteiger charge is -2.22. The van der Waals surface area contributed by atoms with E-state index in [2.05, 4.69) is 0 Å². The molecule has 0 aromatic heterocycles. The van der Waals surface area contributed by atoms with E-state index in [9.17, 15) is 4.79 Å². The molecule has 94 valence electrons. The van der Waals surface area contributed by atoms with E-state index in [1.807, 2.05) is 31.1 Å². The van der Waals surface area contributed by atoms with E-state index in [4.69, 9.17) is 9.84 Å². The molecule has 0 aliphatic rings. The molecule has 4 heteroatoms. The molecule has 0 amide bonds. The molecule has 0 aliphatic carbocycles. The maximum absolute atomic E-state index is 11.8. The lowest BCUT2D eigenvalue weighted by molar-refractivity contribution is -0.0265. The molecule has 0 fully saturated rings. The van der Waals surface area contributed by atoms with E-state index < -0.39 is 11.6 Å². The Labute approximate surface area is 102 Å². The molecule has 0 radical (unpaired) electrons. The van der Waals surface area contributed by atoms with Gasteiger partial charge in [0.25, 0.3) is 0 Å². The summed E-state index contributed by atoms with van der Waals surface area (Å²) < 4.78 is 5.17. The molecule has 1 rings (SSSR count). The van der Waals surface area contributed by atoms with Crippen molar-refractivity contribution in [1.82, 2.24) is 0 Å². The van der Waals surface area contributed by atoms with Crippen LogP contribution in [-0.4, -0.2) is 37.4 Å². The van der Waals surface area contributed by atoms with Crippen molar-refractivity contribution in [3.05, 3.63) is 29.8 Å². The minimum absolute atomic E-state index is 0.200. The van der Waals surface area contributed by atoms with Crippen molar-refractivity contribution in [3.63, 3.8) is 0 Å². The summed E-state index contributed by atoms with van der Waals surface area (Å²) >= 11 is 0. The summed E-state index contributed by atoms with van der Waals surface area (Å²) in [6, 6.07) is 7.13. The first-order valence-electron chi connectivity index (χ1n) is 5.47. The van der Waals surface area contributed by atoms with Gasteiger partial charge in [-0.25, -0.2) is 4.79 Å². The van der Waals surface area contributed by atoms with E-state index in [-0.39, 0.29) is 6.61 Å². The Balaban J connectivity index is 2.77. The molecule has 17 heavy (non-hydrogen) atoms. The minimum atomic E-state index is -0.850. The summed E-state index contributed by atoms with van der Waals surface area (Å²) in [6.07, 6.45) is 0. The summed E-state index contributed by atoms with van der Waals surface area (Å²) in [5, 5.41) is 9.02. The third-order valence-electron chi connectivity index (χ3n) is 2.37. The lowest BCUT2D eigenvalue weighted by atomic mass is 10.1. The van der Waals surface area contributed by atoms with Crippen molar-refractivity contribution in [2.45, 2.75) is 19.4 Å². The van der Waals surface area contributed by atoms with Crippen LogP contribution in [0.2, 0.25) is 0 Å². The number of aliphatic hydroxyl groups excluding tert-OH is 1. The molecule has 0 saturated carbocycles. The zero-order chi connectivity index (χ0) is 13.1. The van der Waals surface area contributed by atoms with Crippen LogP contribution in [0.3, 0.4) is 0 Å². The van der Waals surface area contributed by atoms with Gasteiger partial charge in [0.15, 0.2) is 0 Å². The topological polar surface area (TPSA) is 49.8 Å². The number of benzene rings is 1.